The molecule has 0 aliphatic carbocycles. The molecule has 0 aromatic rings. The molecule has 9 nitrogen and oxygen atoms in total. The number of ether oxygens (including phenoxy) is 2. The summed E-state index contributed by atoms with van der Waals surface area (Å²) in [5.74, 6) is -0.865. The van der Waals surface area contributed by atoms with Crippen molar-refractivity contribution >= 4 is 19.8 Å². The molecule has 0 aromatic heterocycles. The first-order valence-corrected chi connectivity index (χ1v) is 27.3. The largest absolute Gasteiger partial charge is 0.756 e. The highest BCUT2D eigenvalue weighted by atomic mass is 31.2. The Morgan fingerprint density at radius 1 is 0.492 bits per heavy atom. The Morgan fingerprint density at radius 3 is 1.32 bits per heavy atom. The maximum atomic E-state index is 12.7. The van der Waals surface area contributed by atoms with Crippen LogP contribution < -0.4 is 4.89 Å². The van der Waals surface area contributed by atoms with Crippen LogP contribution in [0.25, 0.3) is 0 Å². The van der Waals surface area contributed by atoms with Gasteiger partial charge >= 0.3 is 11.9 Å². The molecule has 0 bridgehead atoms. The molecular weight excluding hydrogens is 834 g/mol. The molecule has 2 atom stereocenters. The number of unbranched alkanes of at least 4 members (excludes halogenated alkanes) is 18. The third-order valence-corrected chi connectivity index (χ3v) is 11.6. The lowest BCUT2D eigenvalue weighted by Gasteiger charge is -2.28. The Labute approximate surface area is 399 Å². The van der Waals surface area contributed by atoms with Gasteiger partial charge in [-0.2, -0.15) is 0 Å². The zero-order valence-corrected chi connectivity index (χ0v) is 43.0. The average molecular weight is 930 g/mol. The molecule has 0 saturated heterocycles. The molecule has 374 valence electrons. The maximum absolute atomic E-state index is 12.7. The van der Waals surface area contributed by atoms with Crippen LogP contribution in [0.3, 0.4) is 0 Å². The second-order valence-electron chi connectivity index (χ2n) is 18.1. The SMILES string of the molecule is CC/C=C\C/C=C\C/C=C\C/C=C\C/C=C\C/C=C\CCCCCCCCC(=O)OC(COC(=O)CCCCCCC/C=C\CCCCCCCCC)COP(=O)([O-])OCC[N+](C)(C)C. The van der Waals surface area contributed by atoms with E-state index in [1.807, 2.05) is 21.1 Å². The standard InChI is InChI=1S/C55H96NO8P/c1-6-8-10-12-14-16-18-20-22-24-25-26-27-28-29-30-31-32-34-36-38-40-42-44-46-48-55(58)64-53(52-63-65(59,60)62-50-49-56(3,4)5)51-61-54(57)47-45-43-41-39-37-35-33-23-21-19-17-15-13-11-9-7-2/h8,10,14,16,20,22-23,25-26,28-29,31-33,53H,6-7,9,11-13,15,17-19,21,24,27,30,34-52H2,1-5H3/b10-8-,16-14-,22-20-,26-25-,29-28-,32-31-,33-23-. The molecule has 0 rings (SSSR count). The molecule has 0 heterocycles. The lowest BCUT2D eigenvalue weighted by Crippen LogP contribution is -2.37. The van der Waals surface area contributed by atoms with Crippen LogP contribution in [0.1, 0.15) is 200 Å². The van der Waals surface area contributed by atoms with E-state index in [1.165, 1.54) is 51.4 Å². The number of carbonyl (C=O) groups is 2. The minimum absolute atomic E-state index is 0.0394. The van der Waals surface area contributed by atoms with E-state index in [-0.39, 0.29) is 26.1 Å². The predicted molar refractivity (Wildman–Crippen MR) is 272 cm³/mol. The Hall–Kier alpha value is -2.81. The van der Waals surface area contributed by atoms with E-state index in [0.29, 0.717) is 23.9 Å². The molecule has 0 aromatic carbocycles. The number of carbonyl (C=O) groups excluding carboxylic acids is 2. The fourth-order valence-electron chi connectivity index (χ4n) is 6.65. The zero-order chi connectivity index (χ0) is 47.8. The van der Waals surface area contributed by atoms with Gasteiger partial charge in [-0.05, 0) is 89.9 Å². The van der Waals surface area contributed by atoms with Crippen molar-refractivity contribution in [3.8, 4) is 0 Å². The number of nitrogens with zero attached hydrogens (tertiary/aromatic N) is 1. The number of allylic oxidation sites excluding steroid dienone is 14. The van der Waals surface area contributed by atoms with Crippen LogP contribution in [-0.2, 0) is 32.7 Å². The number of phosphoric ester groups is 1. The van der Waals surface area contributed by atoms with Gasteiger partial charge in [0.05, 0.1) is 27.7 Å². The minimum atomic E-state index is -4.64. The van der Waals surface area contributed by atoms with E-state index in [2.05, 4.69) is 98.9 Å². The van der Waals surface area contributed by atoms with Crippen molar-refractivity contribution in [3.05, 3.63) is 85.1 Å². The number of quaternary nitrogens is 1. The average Bonchev–Trinajstić information content (AvgIpc) is 3.26. The van der Waals surface area contributed by atoms with Crippen molar-refractivity contribution in [2.24, 2.45) is 0 Å². The first-order valence-electron chi connectivity index (χ1n) is 25.8. The Bertz CT molecular complexity index is 1380. The van der Waals surface area contributed by atoms with Crippen LogP contribution in [0.5, 0.6) is 0 Å². The van der Waals surface area contributed by atoms with Crippen molar-refractivity contribution in [1.82, 2.24) is 0 Å². The van der Waals surface area contributed by atoms with Gasteiger partial charge in [-0.25, -0.2) is 0 Å². The number of esters is 2. The van der Waals surface area contributed by atoms with Gasteiger partial charge in [-0.3, -0.25) is 14.2 Å². The first kappa shape index (κ1) is 62.2. The molecule has 0 aliphatic heterocycles. The second kappa shape index (κ2) is 46.3. The Balaban J connectivity index is 4.31. The molecule has 0 N–H and O–H groups in total. The van der Waals surface area contributed by atoms with Gasteiger partial charge in [0.2, 0.25) is 0 Å². The van der Waals surface area contributed by atoms with E-state index in [0.717, 1.165) is 109 Å². The van der Waals surface area contributed by atoms with Crippen molar-refractivity contribution in [2.45, 2.75) is 206 Å². The molecule has 2 unspecified atom stereocenters. The molecule has 0 radical (unpaired) electrons. The first-order chi connectivity index (χ1) is 31.5. The van der Waals surface area contributed by atoms with Gasteiger partial charge in [-0.1, -0.05) is 182 Å². The molecule has 0 fully saturated rings. The van der Waals surface area contributed by atoms with Crippen molar-refractivity contribution < 1.29 is 42.1 Å². The van der Waals surface area contributed by atoms with Crippen LogP contribution in [0, 0.1) is 0 Å². The number of hydrogen-bond donors (Lipinski definition) is 0. The highest BCUT2D eigenvalue weighted by Crippen LogP contribution is 2.38. The smallest absolute Gasteiger partial charge is 0.306 e. The highest BCUT2D eigenvalue weighted by Gasteiger charge is 2.21. The summed E-state index contributed by atoms with van der Waals surface area (Å²) in [7, 11) is 1.14. The van der Waals surface area contributed by atoms with Crippen molar-refractivity contribution in [2.75, 3.05) is 47.5 Å². The van der Waals surface area contributed by atoms with Crippen molar-refractivity contribution in [1.29, 1.82) is 0 Å². The van der Waals surface area contributed by atoms with Gasteiger partial charge in [0, 0.05) is 12.8 Å². The molecule has 0 amide bonds. The van der Waals surface area contributed by atoms with Crippen LogP contribution >= 0.6 is 7.82 Å². The number of rotatable bonds is 46. The predicted octanol–water partition coefficient (Wildman–Crippen LogP) is 14.9. The second-order valence-corrected chi connectivity index (χ2v) is 19.6. The monoisotopic (exact) mass is 930 g/mol. The maximum Gasteiger partial charge on any atom is 0.306 e. The van der Waals surface area contributed by atoms with Crippen molar-refractivity contribution in [3.63, 3.8) is 0 Å². The summed E-state index contributed by atoms with van der Waals surface area (Å²) in [4.78, 5) is 37.7. The fourth-order valence-corrected chi connectivity index (χ4v) is 7.38. The van der Waals surface area contributed by atoms with Gasteiger partial charge in [0.15, 0.2) is 6.10 Å². The van der Waals surface area contributed by atoms with Crippen LogP contribution in [0.4, 0.5) is 0 Å². The quantitative estimate of drug-likeness (QED) is 0.0195. The number of phosphoric acid groups is 1. The summed E-state index contributed by atoms with van der Waals surface area (Å²) in [6, 6.07) is 0. The third kappa shape index (κ3) is 50.4. The summed E-state index contributed by atoms with van der Waals surface area (Å²) in [5, 5.41) is 0. The normalized spacial score (nSPS) is 14.1. The topological polar surface area (TPSA) is 111 Å². The summed E-state index contributed by atoms with van der Waals surface area (Å²) in [5.41, 5.74) is 0. The van der Waals surface area contributed by atoms with Gasteiger partial charge in [0.1, 0.15) is 19.8 Å². The molecule has 10 heteroatoms. The fraction of sp³-hybridized carbons (Fsp3) is 0.709. The van der Waals surface area contributed by atoms with Gasteiger partial charge in [0.25, 0.3) is 7.82 Å². The number of hydrogen-bond acceptors (Lipinski definition) is 8. The van der Waals surface area contributed by atoms with Crippen LogP contribution in [0.15, 0.2) is 85.1 Å². The van der Waals surface area contributed by atoms with E-state index in [9.17, 15) is 19.0 Å². The summed E-state index contributed by atoms with van der Waals surface area (Å²) >= 11 is 0. The highest BCUT2D eigenvalue weighted by molar-refractivity contribution is 7.45. The molecule has 0 aliphatic rings. The Morgan fingerprint density at radius 2 is 0.877 bits per heavy atom. The molecular formula is C55H96NO8P. The van der Waals surface area contributed by atoms with E-state index in [4.69, 9.17) is 18.5 Å². The third-order valence-electron chi connectivity index (χ3n) is 10.6. The lowest BCUT2D eigenvalue weighted by atomic mass is 10.1. The lowest BCUT2D eigenvalue weighted by molar-refractivity contribution is -0.870. The summed E-state index contributed by atoms with van der Waals surface area (Å²) < 4.78 is 34.0. The van der Waals surface area contributed by atoms with Gasteiger partial charge in [-0.15, -0.1) is 0 Å². The van der Waals surface area contributed by atoms with Crippen LogP contribution in [0.2, 0.25) is 0 Å². The summed E-state index contributed by atoms with van der Waals surface area (Å²) in [6.45, 7) is 4.08. The van der Waals surface area contributed by atoms with E-state index >= 15 is 0 Å². The van der Waals surface area contributed by atoms with E-state index in [1.54, 1.807) is 0 Å². The Kier molecular flexibility index (Phi) is 44.3. The van der Waals surface area contributed by atoms with E-state index < -0.39 is 32.5 Å². The minimum Gasteiger partial charge on any atom is -0.756 e. The molecule has 0 saturated carbocycles. The summed E-state index contributed by atoms with van der Waals surface area (Å²) in [6.07, 6.45) is 60.4. The van der Waals surface area contributed by atoms with Gasteiger partial charge < -0.3 is 27.9 Å². The molecule has 65 heavy (non-hydrogen) atoms. The zero-order valence-electron chi connectivity index (χ0n) is 42.2. The van der Waals surface area contributed by atoms with Crippen LogP contribution in [-0.4, -0.2) is 70.0 Å². The molecule has 0 spiro atoms. The number of likely N-dealkylation sites (N-methyl/N-ethyl adjacent to an activating group) is 1.